The highest BCUT2D eigenvalue weighted by molar-refractivity contribution is 7.87. The lowest BCUT2D eigenvalue weighted by Crippen LogP contribution is -2.61. The van der Waals surface area contributed by atoms with Crippen LogP contribution in [0.4, 0.5) is 0 Å². The van der Waals surface area contributed by atoms with E-state index in [-0.39, 0.29) is 50.9 Å². The van der Waals surface area contributed by atoms with Crippen LogP contribution < -0.4 is 5.32 Å². The Kier molecular flexibility index (Phi) is 10.5. The standard InChI is InChI=1S/C24H43N3O11S3/c1-14-7-8-18(20(9-14)40(32,33)34)26-27-23-21(41(35,36)37)11-15-10-17(39(29,30)31)12-19(22(15)24(23)28)25-13-38-16-5-3-2-4-6-16/h14-25,28H,2-13H2,1H3,(H,29,30,31)(H,32,33,34)(H,35,36,37). The lowest BCUT2D eigenvalue weighted by molar-refractivity contribution is -0.0415. The molecule has 4 aliphatic rings. The van der Waals surface area contributed by atoms with E-state index >= 15 is 0 Å². The fourth-order valence-electron chi connectivity index (χ4n) is 7.35. The maximum absolute atomic E-state index is 12.4. The number of aliphatic hydroxyl groups is 1. The molecule has 0 amide bonds. The van der Waals surface area contributed by atoms with Gasteiger partial charge in [0.05, 0.1) is 30.2 Å². The quantitative estimate of drug-likeness (QED) is 0.137. The van der Waals surface area contributed by atoms with Crippen molar-refractivity contribution in [2.45, 2.75) is 124 Å². The minimum atomic E-state index is -4.80. The molecule has 5 N–H and O–H groups in total. The summed E-state index contributed by atoms with van der Waals surface area (Å²) in [5.74, 6) is -1.41. The van der Waals surface area contributed by atoms with Gasteiger partial charge < -0.3 is 9.84 Å². The van der Waals surface area contributed by atoms with E-state index in [4.69, 9.17) is 4.74 Å². The first-order chi connectivity index (χ1) is 19.1. The second-order valence-corrected chi connectivity index (χ2v) is 17.3. The molecule has 0 aromatic rings. The third-order valence-electron chi connectivity index (χ3n) is 9.52. The van der Waals surface area contributed by atoms with E-state index in [0.717, 1.165) is 32.1 Å². The molecule has 0 aromatic carbocycles. The van der Waals surface area contributed by atoms with Crippen molar-refractivity contribution in [3.8, 4) is 0 Å². The number of ether oxygens (including phenoxy) is 1. The maximum atomic E-state index is 12.4. The summed E-state index contributed by atoms with van der Waals surface area (Å²) < 4.78 is 109. The number of hydrogen-bond acceptors (Lipinski definition) is 11. The molecule has 10 atom stereocenters. The van der Waals surface area contributed by atoms with Gasteiger partial charge in [0, 0.05) is 12.0 Å². The zero-order chi connectivity index (χ0) is 30.2. The second kappa shape index (κ2) is 13.1. The molecule has 0 aromatic heterocycles. The summed E-state index contributed by atoms with van der Waals surface area (Å²) in [7, 11) is -13.8. The molecule has 4 saturated carbocycles. The van der Waals surface area contributed by atoms with Gasteiger partial charge in [-0.1, -0.05) is 26.2 Å². The van der Waals surface area contributed by atoms with Gasteiger partial charge in [-0.05, 0) is 63.2 Å². The van der Waals surface area contributed by atoms with Gasteiger partial charge in [-0.3, -0.25) is 19.0 Å². The number of fused-ring (bicyclic) bond motifs is 1. The zero-order valence-corrected chi connectivity index (χ0v) is 25.6. The Morgan fingerprint density at radius 1 is 0.780 bits per heavy atom. The van der Waals surface area contributed by atoms with Crippen LogP contribution in [-0.4, -0.2) is 96.8 Å². The number of nitrogens with one attached hydrogen (secondary N) is 1. The van der Waals surface area contributed by atoms with Crippen LogP contribution in [0.5, 0.6) is 0 Å². The Morgan fingerprint density at radius 2 is 1.44 bits per heavy atom. The second-order valence-electron chi connectivity index (χ2n) is 12.4. The molecule has 41 heavy (non-hydrogen) atoms. The van der Waals surface area contributed by atoms with Gasteiger partial charge >= 0.3 is 0 Å². The molecule has 0 bridgehead atoms. The van der Waals surface area contributed by atoms with Crippen LogP contribution in [-0.2, 0) is 35.1 Å². The van der Waals surface area contributed by atoms with Crippen LogP contribution in [0.3, 0.4) is 0 Å². The molecule has 10 unspecified atom stereocenters. The Balaban J connectivity index is 1.59. The predicted octanol–water partition coefficient (Wildman–Crippen LogP) is 1.82. The zero-order valence-electron chi connectivity index (χ0n) is 23.1. The molecule has 4 aliphatic carbocycles. The lowest BCUT2D eigenvalue weighted by atomic mass is 9.65. The molecular weight excluding hydrogens is 602 g/mol. The van der Waals surface area contributed by atoms with Crippen molar-refractivity contribution >= 4 is 30.4 Å². The van der Waals surface area contributed by atoms with Crippen LogP contribution in [0.1, 0.15) is 77.6 Å². The molecule has 14 nitrogen and oxygen atoms in total. The van der Waals surface area contributed by atoms with Crippen LogP contribution in [0.25, 0.3) is 0 Å². The number of rotatable bonds is 9. The summed E-state index contributed by atoms with van der Waals surface area (Å²) in [5.41, 5.74) is 0. The normalized spacial score (nSPS) is 39.9. The molecule has 0 aliphatic heterocycles. The third kappa shape index (κ3) is 8.23. The van der Waals surface area contributed by atoms with Crippen molar-refractivity contribution in [1.82, 2.24) is 5.32 Å². The Labute approximate surface area is 242 Å². The number of azo groups is 1. The summed E-state index contributed by atoms with van der Waals surface area (Å²) >= 11 is 0. The average Bonchev–Trinajstić information content (AvgIpc) is 2.87. The van der Waals surface area contributed by atoms with E-state index in [9.17, 15) is 44.0 Å². The van der Waals surface area contributed by atoms with Gasteiger partial charge in [0.25, 0.3) is 30.4 Å². The van der Waals surface area contributed by atoms with E-state index in [1.54, 1.807) is 0 Å². The molecule has 0 heterocycles. The number of aliphatic hydroxyl groups excluding tert-OH is 1. The fraction of sp³-hybridized carbons (Fsp3) is 1.00. The fourth-order valence-corrected chi connectivity index (χ4v) is 10.5. The first-order valence-corrected chi connectivity index (χ1v) is 18.9. The predicted molar refractivity (Wildman–Crippen MR) is 148 cm³/mol. The van der Waals surface area contributed by atoms with Gasteiger partial charge in [-0.2, -0.15) is 35.5 Å². The number of nitrogens with zero attached hydrogens (tertiary/aromatic N) is 2. The maximum Gasteiger partial charge on any atom is 0.270 e. The van der Waals surface area contributed by atoms with Crippen LogP contribution in [0.15, 0.2) is 10.2 Å². The van der Waals surface area contributed by atoms with E-state index in [1.165, 1.54) is 0 Å². The first-order valence-electron chi connectivity index (χ1n) is 14.4. The Morgan fingerprint density at radius 3 is 2.05 bits per heavy atom. The van der Waals surface area contributed by atoms with Crippen LogP contribution in [0, 0.1) is 17.8 Å². The molecule has 4 fully saturated rings. The van der Waals surface area contributed by atoms with Crippen molar-refractivity contribution in [2.75, 3.05) is 6.73 Å². The minimum Gasteiger partial charge on any atom is -0.390 e. The van der Waals surface area contributed by atoms with Gasteiger partial charge in [-0.25, -0.2) is 0 Å². The molecule has 17 heteroatoms. The summed E-state index contributed by atoms with van der Waals surface area (Å²) in [6.45, 7) is 1.91. The molecular formula is C24H43N3O11S3. The van der Waals surface area contributed by atoms with Crippen molar-refractivity contribution in [3.63, 3.8) is 0 Å². The van der Waals surface area contributed by atoms with E-state index in [2.05, 4.69) is 15.5 Å². The smallest absolute Gasteiger partial charge is 0.270 e. The monoisotopic (exact) mass is 645 g/mol. The van der Waals surface area contributed by atoms with Gasteiger partial charge in [0.15, 0.2) is 0 Å². The number of hydrogen-bond donors (Lipinski definition) is 5. The lowest BCUT2D eigenvalue weighted by Gasteiger charge is -2.49. The molecule has 0 saturated heterocycles. The third-order valence-corrected chi connectivity index (χ3v) is 13.3. The molecule has 238 valence electrons. The van der Waals surface area contributed by atoms with Crippen LogP contribution in [0.2, 0.25) is 0 Å². The highest BCUT2D eigenvalue weighted by Gasteiger charge is 2.55. The molecule has 4 rings (SSSR count). The summed E-state index contributed by atoms with van der Waals surface area (Å²) in [4.78, 5) is 0. The van der Waals surface area contributed by atoms with Gasteiger partial charge in [0.2, 0.25) is 0 Å². The SMILES string of the molecule is CC1CCC(N=NC2C(O)C3C(CC(S(=O)(=O)O)CC3NCOC3CCCCC3)CC2S(=O)(=O)O)C(S(=O)(=O)O)C1. The Bertz CT molecular complexity index is 1250. The van der Waals surface area contributed by atoms with Crippen molar-refractivity contribution < 1.29 is 48.8 Å². The highest BCUT2D eigenvalue weighted by atomic mass is 32.2. The topological polar surface area (TPSA) is 229 Å². The van der Waals surface area contributed by atoms with Crippen LogP contribution >= 0.6 is 0 Å². The van der Waals surface area contributed by atoms with Gasteiger partial charge in [0.1, 0.15) is 16.5 Å². The summed E-state index contributed by atoms with van der Waals surface area (Å²) in [6, 6.07) is -3.11. The highest BCUT2D eigenvalue weighted by Crippen LogP contribution is 2.45. The molecule has 0 radical (unpaired) electrons. The minimum absolute atomic E-state index is 0.0145. The largest absolute Gasteiger partial charge is 0.390 e. The average molecular weight is 646 g/mol. The van der Waals surface area contributed by atoms with Gasteiger partial charge in [-0.15, -0.1) is 0 Å². The van der Waals surface area contributed by atoms with Crippen molar-refractivity contribution in [1.29, 1.82) is 0 Å². The van der Waals surface area contributed by atoms with E-state index in [0.29, 0.717) is 6.42 Å². The van der Waals surface area contributed by atoms with Crippen molar-refractivity contribution in [3.05, 3.63) is 0 Å². The van der Waals surface area contributed by atoms with Crippen molar-refractivity contribution in [2.24, 2.45) is 28.0 Å². The Hall–Kier alpha value is -0.790. The van der Waals surface area contributed by atoms with E-state index in [1.807, 2.05) is 6.92 Å². The molecule has 0 spiro atoms. The first kappa shape index (κ1) is 33.1. The summed E-state index contributed by atoms with van der Waals surface area (Å²) in [5, 5.41) is 18.8. The van der Waals surface area contributed by atoms with E-state index < -0.39 is 82.2 Å². The summed E-state index contributed by atoms with van der Waals surface area (Å²) in [6.07, 6.45) is 4.18.